The van der Waals surface area contributed by atoms with Crippen molar-refractivity contribution in [3.63, 3.8) is 0 Å². The van der Waals surface area contributed by atoms with Crippen molar-refractivity contribution in [2.75, 3.05) is 14.2 Å². The van der Waals surface area contributed by atoms with E-state index in [1.54, 1.807) is 23.8 Å². The smallest absolute Gasteiger partial charge is 0.231 e. The Morgan fingerprint density at radius 1 is 1.12 bits per heavy atom. The Morgan fingerprint density at radius 2 is 1.96 bits per heavy atom. The number of benzene rings is 1. The molecule has 0 saturated heterocycles. The molecule has 0 fully saturated rings. The normalized spacial score (nSPS) is 10.6. The number of hydrogen-bond acceptors (Lipinski definition) is 6. The van der Waals surface area contributed by atoms with Crippen molar-refractivity contribution in [3.05, 3.63) is 47.8 Å². The van der Waals surface area contributed by atoms with Gasteiger partial charge in [-0.3, -0.25) is 4.79 Å². The summed E-state index contributed by atoms with van der Waals surface area (Å²) in [6.07, 6.45) is 0.955. The fraction of sp³-hybridized carbons (Fsp3) is 0.294. The Balaban J connectivity index is 1.59. The van der Waals surface area contributed by atoms with Gasteiger partial charge in [0.1, 0.15) is 5.75 Å². The molecule has 2 aromatic heterocycles. The van der Waals surface area contributed by atoms with E-state index in [0.717, 1.165) is 11.3 Å². The highest BCUT2D eigenvalue weighted by Gasteiger charge is 2.10. The Kier molecular flexibility index (Phi) is 5.08. The third kappa shape index (κ3) is 3.85. The highest BCUT2D eigenvalue weighted by Crippen LogP contribution is 2.18. The molecule has 130 valence electrons. The van der Waals surface area contributed by atoms with Crippen LogP contribution in [0.1, 0.15) is 17.8 Å². The molecule has 0 aliphatic rings. The fourth-order valence-electron chi connectivity index (χ4n) is 2.46. The highest BCUT2D eigenvalue weighted by atomic mass is 16.5. The number of ether oxygens (including phenoxy) is 2. The number of aromatic nitrogens is 4. The van der Waals surface area contributed by atoms with Crippen LogP contribution in [0.15, 0.2) is 36.4 Å². The Morgan fingerprint density at radius 3 is 2.76 bits per heavy atom. The van der Waals surface area contributed by atoms with Gasteiger partial charge in [-0.2, -0.15) is 4.52 Å². The van der Waals surface area contributed by atoms with Gasteiger partial charge < -0.3 is 14.8 Å². The van der Waals surface area contributed by atoms with Crippen molar-refractivity contribution < 1.29 is 14.3 Å². The lowest BCUT2D eigenvalue weighted by Gasteiger charge is -2.08. The highest BCUT2D eigenvalue weighted by molar-refractivity contribution is 5.76. The Hall–Kier alpha value is -3.16. The van der Waals surface area contributed by atoms with Crippen LogP contribution >= 0.6 is 0 Å². The van der Waals surface area contributed by atoms with Gasteiger partial charge in [0.15, 0.2) is 11.5 Å². The van der Waals surface area contributed by atoms with E-state index in [0.29, 0.717) is 30.2 Å². The molecule has 3 aromatic rings. The Bertz CT molecular complexity index is 878. The number of nitrogens with zero attached hydrogens (tertiary/aromatic N) is 4. The van der Waals surface area contributed by atoms with Gasteiger partial charge in [0, 0.05) is 12.5 Å². The molecule has 1 N–H and O–H groups in total. The first kappa shape index (κ1) is 16.7. The number of carbonyl (C=O) groups excluding carboxylic acids is 1. The van der Waals surface area contributed by atoms with E-state index in [1.807, 2.05) is 24.3 Å². The molecule has 0 aliphatic carbocycles. The Labute approximate surface area is 144 Å². The van der Waals surface area contributed by atoms with Crippen molar-refractivity contribution in [3.8, 4) is 11.6 Å². The fourth-order valence-corrected chi connectivity index (χ4v) is 2.46. The number of carbonyl (C=O) groups is 1. The number of aryl methyl sites for hydroxylation is 1. The number of amides is 1. The molecule has 1 aromatic carbocycles. The second-order valence-corrected chi connectivity index (χ2v) is 5.35. The number of methoxy groups -OCH3 is 2. The molecule has 8 nitrogen and oxygen atoms in total. The maximum Gasteiger partial charge on any atom is 0.231 e. The summed E-state index contributed by atoms with van der Waals surface area (Å²) in [5, 5.41) is 15.2. The number of nitrogens with one attached hydrogen (secondary N) is 1. The largest absolute Gasteiger partial charge is 0.496 e. The van der Waals surface area contributed by atoms with Crippen molar-refractivity contribution in [1.82, 2.24) is 25.1 Å². The van der Waals surface area contributed by atoms with Gasteiger partial charge in [0.25, 0.3) is 0 Å². The summed E-state index contributed by atoms with van der Waals surface area (Å²) < 4.78 is 11.9. The van der Waals surface area contributed by atoms with E-state index in [1.165, 1.54) is 7.11 Å². The first-order valence-corrected chi connectivity index (χ1v) is 7.85. The molecule has 8 heteroatoms. The minimum atomic E-state index is -0.0782. The van der Waals surface area contributed by atoms with Crippen LogP contribution in [0.5, 0.6) is 11.6 Å². The lowest BCUT2D eigenvalue weighted by molar-refractivity contribution is -0.121. The monoisotopic (exact) mass is 341 g/mol. The first-order chi connectivity index (χ1) is 12.2. The zero-order valence-electron chi connectivity index (χ0n) is 14.1. The van der Waals surface area contributed by atoms with Gasteiger partial charge in [-0.25, -0.2) is 0 Å². The third-order valence-corrected chi connectivity index (χ3v) is 3.77. The van der Waals surface area contributed by atoms with Gasteiger partial charge in [0.05, 0.1) is 20.8 Å². The molecule has 0 saturated carbocycles. The molecule has 3 rings (SSSR count). The molecule has 0 spiro atoms. The molecule has 1 amide bonds. The van der Waals surface area contributed by atoms with Gasteiger partial charge in [-0.1, -0.05) is 18.2 Å². The molecule has 25 heavy (non-hydrogen) atoms. The summed E-state index contributed by atoms with van der Waals surface area (Å²) in [5.41, 5.74) is 1.60. The average molecular weight is 341 g/mol. The predicted octanol–water partition coefficient (Wildman–Crippen LogP) is 1.39. The van der Waals surface area contributed by atoms with E-state index in [2.05, 4.69) is 20.6 Å². The molecule has 0 unspecified atom stereocenters. The molecular weight excluding hydrogens is 322 g/mol. The summed E-state index contributed by atoms with van der Waals surface area (Å²) in [7, 11) is 3.16. The van der Waals surface area contributed by atoms with Crippen LogP contribution in [0.2, 0.25) is 0 Å². The van der Waals surface area contributed by atoms with Crippen LogP contribution in [-0.4, -0.2) is 39.9 Å². The SMILES string of the molecule is COc1ccc2nnc(CNC(=O)CCc3ccccc3OC)n2n1. The number of hydrogen-bond donors (Lipinski definition) is 1. The van der Waals surface area contributed by atoms with E-state index in [4.69, 9.17) is 9.47 Å². The number of para-hydroxylation sites is 1. The van der Waals surface area contributed by atoms with Crippen LogP contribution in [0.25, 0.3) is 5.65 Å². The first-order valence-electron chi connectivity index (χ1n) is 7.85. The van der Waals surface area contributed by atoms with Gasteiger partial charge in [0.2, 0.25) is 11.8 Å². The van der Waals surface area contributed by atoms with Crippen LogP contribution < -0.4 is 14.8 Å². The minimum Gasteiger partial charge on any atom is -0.496 e. The number of fused-ring (bicyclic) bond motifs is 1. The van der Waals surface area contributed by atoms with Gasteiger partial charge in [-0.05, 0) is 24.1 Å². The summed E-state index contributed by atoms with van der Waals surface area (Å²) in [4.78, 5) is 12.1. The van der Waals surface area contributed by atoms with E-state index < -0.39 is 0 Å². The summed E-state index contributed by atoms with van der Waals surface area (Å²) in [6.45, 7) is 0.242. The topological polar surface area (TPSA) is 90.6 Å². The molecular formula is C17H19N5O3. The lowest BCUT2D eigenvalue weighted by atomic mass is 10.1. The molecule has 2 heterocycles. The van der Waals surface area contributed by atoms with E-state index in [-0.39, 0.29) is 12.5 Å². The molecule has 0 radical (unpaired) electrons. The van der Waals surface area contributed by atoms with Crippen LogP contribution in [0.4, 0.5) is 0 Å². The second kappa shape index (κ2) is 7.61. The van der Waals surface area contributed by atoms with Crippen LogP contribution in [0.3, 0.4) is 0 Å². The molecule has 0 aliphatic heterocycles. The van der Waals surface area contributed by atoms with Crippen molar-refractivity contribution in [2.45, 2.75) is 19.4 Å². The van der Waals surface area contributed by atoms with Crippen LogP contribution in [-0.2, 0) is 17.8 Å². The van der Waals surface area contributed by atoms with Gasteiger partial charge >= 0.3 is 0 Å². The second-order valence-electron chi connectivity index (χ2n) is 5.35. The summed E-state index contributed by atoms with van der Waals surface area (Å²) >= 11 is 0. The van der Waals surface area contributed by atoms with Gasteiger partial charge in [-0.15, -0.1) is 15.3 Å². The number of rotatable bonds is 7. The van der Waals surface area contributed by atoms with Crippen molar-refractivity contribution in [2.24, 2.45) is 0 Å². The predicted molar refractivity (Wildman–Crippen MR) is 90.5 cm³/mol. The summed E-state index contributed by atoms with van der Waals surface area (Å²) in [5.74, 6) is 1.70. The summed E-state index contributed by atoms with van der Waals surface area (Å²) in [6, 6.07) is 11.1. The van der Waals surface area contributed by atoms with Crippen molar-refractivity contribution in [1.29, 1.82) is 0 Å². The quantitative estimate of drug-likeness (QED) is 0.698. The minimum absolute atomic E-state index is 0.0782. The van der Waals surface area contributed by atoms with Crippen molar-refractivity contribution >= 4 is 11.6 Å². The standard InChI is InChI=1S/C17H19N5O3/c1-24-13-6-4-3-5-12(13)7-9-16(23)18-11-15-20-19-14-8-10-17(25-2)21-22(14)15/h3-6,8,10H,7,9,11H2,1-2H3,(H,18,23). The van der Waals surface area contributed by atoms with E-state index in [9.17, 15) is 4.79 Å². The molecule has 0 bridgehead atoms. The zero-order chi connectivity index (χ0) is 17.6. The van der Waals surface area contributed by atoms with Crippen LogP contribution in [0, 0.1) is 0 Å². The van der Waals surface area contributed by atoms with E-state index >= 15 is 0 Å². The molecule has 0 atom stereocenters. The third-order valence-electron chi connectivity index (χ3n) is 3.77. The lowest BCUT2D eigenvalue weighted by Crippen LogP contribution is -2.24. The maximum atomic E-state index is 12.1. The zero-order valence-corrected chi connectivity index (χ0v) is 14.1. The average Bonchev–Trinajstić information content (AvgIpc) is 3.07. The maximum absolute atomic E-state index is 12.1.